The molecule has 0 aromatic heterocycles. The van der Waals surface area contributed by atoms with Crippen LogP contribution in [0.4, 0.5) is 11.4 Å². The summed E-state index contributed by atoms with van der Waals surface area (Å²) in [5, 5.41) is 3.29. The Kier molecular flexibility index (Phi) is 4.89. The molecule has 0 aliphatic heterocycles. The van der Waals surface area contributed by atoms with E-state index in [1.54, 1.807) is 18.2 Å². The van der Waals surface area contributed by atoms with E-state index in [1.165, 1.54) is 6.42 Å². The molecule has 1 aromatic carbocycles. The number of hydrogen-bond donors (Lipinski definition) is 2. The van der Waals surface area contributed by atoms with Crippen LogP contribution in [0.2, 0.25) is 5.02 Å². The van der Waals surface area contributed by atoms with Crippen LogP contribution in [-0.4, -0.2) is 30.9 Å². The van der Waals surface area contributed by atoms with E-state index in [-0.39, 0.29) is 5.91 Å². The van der Waals surface area contributed by atoms with Gasteiger partial charge in [0.25, 0.3) is 0 Å². The van der Waals surface area contributed by atoms with Crippen LogP contribution in [0.3, 0.4) is 0 Å². The smallest absolute Gasteiger partial charge is 0.225 e. The first-order chi connectivity index (χ1) is 9.45. The van der Waals surface area contributed by atoms with E-state index in [9.17, 15) is 4.79 Å². The second-order valence-corrected chi connectivity index (χ2v) is 6.18. The first-order valence-corrected chi connectivity index (χ1v) is 7.37. The van der Waals surface area contributed by atoms with Crippen LogP contribution >= 0.6 is 11.6 Å². The Hall–Kier alpha value is -1.26. The molecule has 1 amide bonds. The third kappa shape index (κ3) is 4.39. The average molecular weight is 296 g/mol. The molecule has 3 N–H and O–H groups in total. The van der Waals surface area contributed by atoms with Crippen LogP contribution in [0, 0.1) is 11.8 Å². The summed E-state index contributed by atoms with van der Waals surface area (Å²) in [6.07, 6.45) is 1.79. The van der Waals surface area contributed by atoms with Crippen molar-refractivity contribution in [2.45, 2.75) is 19.8 Å². The number of carbonyl (C=O) groups excluding carboxylic acids is 1. The number of amides is 1. The van der Waals surface area contributed by atoms with E-state index in [4.69, 9.17) is 17.3 Å². The molecule has 0 spiro atoms. The van der Waals surface area contributed by atoms with Crippen molar-refractivity contribution in [3.8, 4) is 0 Å². The molecule has 2 rings (SSSR count). The van der Waals surface area contributed by atoms with Gasteiger partial charge in [0, 0.05) is 25.2 Å². The lowest BCUT2D eigenvalue weighted by atomic mass is 10.2. The lowest BCUT2D eigenvalue weighted by Gasteiger charge is -2.16. The largest absolute Gasteiger partial charge is 0.399 e. The molecule has 20 heavy (non-hydrogen) atoms. The molecule has 2 unspecified atom stereocenters. The normalized spacial score (nSPS) is 21.0. The van der Waals surface area contributed by atoms with E-state index < -0.39 is 0 Å². The molecule has 5 heteroatoms. The summed E-state index contributed by atoms with van der Waals surface area (Å²) in [6.45, 7) is 4.12. The lowest BCUT2D eigenvalue weighted by Crippen LogP contribution is -2.26. The topological polar surface area (TPSA) is 58.4 Å². The number of nitrogens with zero attached hydrogens (tertiary/aromatic N) is 1. The maximum Gasteiger partial charge on any atom is 0.225 e. The molecule has 1 aliphatic carbocycles. The second kappa shape index (κ2) is 6.46. The van der Waals surface area contributed by atoms with Crippen molar-refractivity contribution in [1.29, 1.82) is 0 Å². The number of benzene rings is 1. The Morgan fingerprint density at radius 2 is 2.25 bits per heavy atom. The molecule has 2 atom stereocenters. The predicted octanol–water partition coefficient (Wildman–Crippen LogP) is 2.84. The quantitative estimate of drug-likeness (QED) is 0.794. The van der Waals surface area contributed by atoms with Gasteiger partial charge >= 0.3 is 0 Å². The second-order valence-electron chi connectivity index (χ2n) is 5.77. The van der Waals surface area contributed by atoms with Crippen LogP contribution < -0.4 is 11.1 Å². The molecule has 0 radical (unpaired) electrons. The third-order valence-corrected chi connectivity index (χ3v) is 4.12. The summed E-state index contributed by atoms with van der Waals surface area (Å²) in [5.41, 5.74) is 6.82. The van der Waals surface area contributed by atoms with E-state index in [1.807, 2.05) is 0 Å². The minimum atomic E-state index is -0.0210. The van der Waals surface area contributed by atoms with Gasteiger partial charge in [0.1, 0.15) is 0 Å². The van der Waals surface area contributed by atoms with Gasteiger partial charge in [-0.1, -0.05) is 18.5 Å². The van der Waals surface area contributed by atoms with Crippen LogP contribution in [0.5, 0.6) is 0 Å². The molecule has 1 fully saturated rings. The van der Waals surface area contributed by atoms with Gasteiger partial charge in [-0.05, 0) is 43.5 Å². The maximum absolute atomic E-state index is 11.9. The van der Waals surface area contributed by atoms with Gasteiger partial charge in [-0.25, -0.2) is 0 Å². The lowest BCUT2D eigenvalue weighted by molar-refractivity contribution is -0.116. The monoisotopic (exact) mass is 295 g/mol. The Bertz CT molecular complexity index is 492. The SMILES string of the molecule is CC1CC1CN(C)CCC(=O)Nc1ccc(N)cc1Cl. The molecule has 0 heterocycles. The van der Waals surface area contributed by atoms with Crippen molar-refractivity contribution in [2.24, 2.45) is 11.8 Å². The highest BCUT2D eigenvalue weighted by Crippen LogP contribution is 2.37. The fourth-order valence-corrected chi connectivity index (χ4v) is 2.52. The highest BCUT2D eigenvalue weighted by Gasteiger charge is 2.32. The molecule has 1 aromatic rings. The van der Waals surface area contributed by atoms with E-state index in [0.29, 0.717) is 22.8 Å². The number of halogens is 1. The Morgan fingerprint density at radius 1 is 1.55 bits per heavy atom. The van der Waals surface area contributed by atoms with Crippen molar-refractivity contribution >= 4 is 28.9 Å². The maximum atomic E-state index is 11.9. The zero-order valence-electron chi connectivity index (χ0n) is 12.0. The Morgan fingerprint density at radius 3 is 2.85 bits per heavy atom. The van der Waals surface area contributed by atoms with Gasteiger partial charge in [0.05, 0.1) is 10.7 Å². The van der Waals surface area contributed by atoms with E-state index in [0.717, 1.165) is 24.9 Å². The molecular formula is C15H22ClN3O. The standard InChI is InChI=1S/C15H22ClN3O/c1-10-7-11(10)9-19(2)6-5-15(20)18-14-4-3-12(17)8-13(14)16/h3-4,8,10-11H,5-7,9,17H2,1-2H3,(H,18,20). The van der Waals surface area contributed by atoms with Crippen molar-refractivity contribution < 1.29 is 4.79 Å². The fourth-order valence-electron chi connectivity index (χ4n) is 2.28. The molecule has 110 valence electrons. The van der Waals surface area contributed by atoms with E-state index in [2.05, 4.69) is 24.2 Å². The molecule has 1 saturated carbocycles. The number of hydrogen-bond acceptors (Lipinski definition) is 3. The van der Waals surface area contributed by atoms with Gasteiger partial charge in [-0.15, -0.1) is 0 Å². The molecule has 0 saturated heterocycles. The highest BCUT2D eigenvalue weighted by molar-refractivity contribution is 6.34. The van der Waals surface area contributed by atoms with Gasteiger partial charge in [-0.3, -0.25) is 4.79 Å². The Balaban J connectivity index is 1.74. The number of nitrogens with two attached hydrogens (primary N) is 1. The molecule has 0 bridgehead atoms. The van der Waals surface area contributed by atoms with Gasteiger partial charge in [0.15, 0.2) is 0 Å². The van der Waals surface area contributed by atoms with Crippen LogP contribution in [0.1, 0.15) is 19.8 Å². The van der Waals surface area contributed by atoms with Crippen LogP contribution in [-0.2, 0) is 4.79 Å². The highest BCUT2D eigenvalue weighted by atomic mass is 35.5. The minimum absolute atomic E-state index is 0.0210. The fraction of sp³-hybridized carbons (Fsp3) is 0.533. The molecular weight excluding hydrogens is 274 g/mol. The summed E-state index contributed by atoms with van der Waals surface area (Å²) in [7, 11) is 2.06. The van der Waals surface area contributed by atoms with Crippen LogP contribution in [0.25, 0.3) is 0 Å². The first-order valence-electron chi connectivity index (χ1n) is 6.99. The van der Waals surface area contributed by atoms with Crippen molar-refractivity contribution in [3.05, 3.63) is 23.2 Å². The van der Waals surface area contributed by atoms with Crippen molar-refractivity contribution in [3.63, 3.8) is 0 Å². The van der Waals surface area contributed by atoms with Gasteiger partial charge < -0.3 is 16.0 Å². The number of nitrogens with one attached hydrogen (secondary N) is 1. The number of carbonyl (C=O) groups is 1. The molecule has 4 nitrogen and oxygen atoms in total. The predicted molar refractivity (Wildman–Crippen MR) is 83.9 cm³/mol. The van der Waals surface area contributed by atoms with Crippen LogP contribution in [0.15, 0.2) is 18.2 Å². The van der Waals surface area contributed by atoms with E-state index >= 15 is 0 Å². The number of rotatable bonds is 6. The number of anilines is 2. The minimum Gasteiger partial charge on any atom is -0.399 e. The summed E-state index contributed by atoms with van der Waals surface area (Å²) in [4.78, 5) is 14.1. The first kappa shape index (κ1) is 15.1. The molecule has 1 aliphatic rings. The van der Waals surface area contributed by atoms with Crippen molar-refractivity contribution in [2.75, 3.05) is 31.2 Å². The summed E-state index contributed by atoms with van der Waals surface area (Å²) >= 11 is 6.02. The number of nitrogen functional groups attached to an aromatic ring is 1. The third-order valence-electron chi connectivity index (χ3n) is 3.81. The summed E-state index contributed by atoms with van der Waals surface area (Å²) in [6, 6.07) is 5.09. The zero-order chi connectivity index (χ0) is 14.7. The average Bonchev–Trinajstić information content (AvgIpc) is 3.06. The zero-order valence-corrected chi connectivity index (χ0v) is 12.8. The summed E-state index contributed by atoms with van der Waals surface area (Å²) in [5.74, 6) is 1.64. The summed E-state index contributed by atoms with van der Waals surface area (Å²) < 4.78 is 0. The van der Waals surface area contributed by atoms with Gasteiger partial charge in [-0.2, -0.15) is 0 Å². The Labute approximate surface area is 125 Å². The van der Waals surface area contributed by atoms with Gasteiger partial charge in [0.2, 0.25) is 5.91 Å². The van der Waals surface area contributed by atoms with Crippen molar-refractivity contribution in [1.82, 2.24) is 4.90 Å².